The number of carbonyl (C=O) groups excluding carboxylic acids is 1. The van der Waals surface area contributed by atoms with Gasteiger partial charge < -0.3 is 14.9 Å². The molecule has 0 aliphatic heterocycles. The highest BCUT2D eigenvalue weighted by molar-refractivity contribution is 7.17. The van der Waals surface area contributed by atoms with Gasteiger partial charge in [-0.2, -0.15) is 0 Å². The fraction of sp³-hybridized carbons (Fsp3) is 0.318. The fourth-order valence-electron chi connectivity index (χ4n) is 4.29. The fourth-order valence-corrected chi connectivity index (χ4v) is 5.02. The summed E-state index contributed by atoms with van der Waals surface area (Å²) in [6.07, 6.45) is 3.25. The molecule has 3 heterocycles. The van der Waals surface area contributed by atoms with Crippen molar-refractivity contribution < 1.29 is 4.79 Å². The lowest BCUT2D eigenvalue weighted by molar-refractivity contribution is 0.0783. The summed E-state index contributed by atoms with van der Waals surface area (Å²) in [6.45, 7) is 2.52. The number of benzene rings is 1. The van der Waals surface area contributed by atoms with Gasteiger partial charge in [-0.05, 0) is 48.3 Å². The predicted octanol–water partition coefficient (Wildman–Crippen LogP) is 3.86. The zero-order chi connectivity index (χ0) is 20.1. The summed E-state index contributed by atoms with van der Waals surface area (Å²) in [6, 6.07) is 7.74. The number of fused-ring (bicyclic) bond motifs is 4. The second kappa shape index (κ2) is 6.84. The van der Waals surface area contributed by atoms with Gasteiger partial charge in [0, 0.05) is 18.1 Å². The number of aromatic amines is 2. The monoisotopic (exact) mass is 406 g/mol. The van der Waals surface area contributed by atoms with Crippen molar-refractivity contribution in [3.8, 4) is 0 Å². The molecule has 0 bridgehead atoms. The molecule has 7 heteroatoms. The number of thiophene rings is 1. The molecule has 0 saturated heterocycles. The van der Waals surface area contributed by atoms with Gasteiger partial charge in [-0.1, -0.05) is 19.1 Å². The average molecular weight is 407 g/mol. The Labute approximate surface area is 171 Å². The number of nitrogens with one attached hydrogen (secondary N) is 2. The summed E-state index contributed by atoms with van der Waals surface area (Å²) in [4.78, 5) is 37.8. The highest BCUT2D eigenvalue weighted by Gasteiger charge is 2.23. The van der Waals surface area contributed by atoms with Crippen LogP contribution in [0.15, 0.2) is 34.4 Å². The standard InChI is InChI=1S/C22H22N4O2S/c1-12-6-7-16-15(10-12)13-4-3-5-14(19(13)24-16)22(28)26(2)11-18-23-17-8-9-29-20(17)21(27)25-18/h3-5,8-9,12,24H,6-7,10-11H2,1-2H3,(H,23,25,27). The van der Waals surface area contributed by atoms with E-state index >= 15 is 0 Å². The van der Waals surface area contributed by atoms with Crippen LogP contribution in [0.25, 0.3) is 21.1 Å². The Morgan fingerprint density at radius 2 is 2.17 bits per heavy atom. The van der Waals surface area contributed by atoms with Crippen molar-refractivity contribution in [2.45, 2.75) is 32.7 Å². The normalized spacial score (nSPS) is 16.3. The number of aromatic nitrogens is 3. The van der Waals surface area contributed by atoms with Gasteiger partial charge in [-0.3, -0.25) is 9.59 Å². The molecule has 1 aliphatic rings. The van der Waals surface area contributed by atoms with Crippen LogP contribution in [0.4, 0.5) is 0 Å². The third-order valence-electron chi connectivity index (χ3n) is 5.80. The SMILES string of the molecule is CC1CCc2[nH]c3c(C(=O)N(C)Cc4nc5ccsc5c(=O)[nH]4)cccc3c2C1. The number of hydrogen-bond acceptors (Lipinski definition) is 4. The van der Waals surface area contributed by atoms with Crippen LogP contribution in [-0.2, 0) is 19.4 Å². The summed E-state index contributed by atoms with van der Waals surface area (Å²) in [7, 11) is 1.74. The molecule has 1 aliphatic carbocycles. The topological polar surface area (TPSA) is 81.8 Å². The molecule has 1 aromatic carbocycles. The molecule has 0 fully saturated rings. The first-order valence-electron chi connectivity index (χ1n) is 9.85. The number of nitrogens with zero attached hydrogens (tertiary/aromatic N) is 2. The van der Waals surface area contributed by atoms with E-state index in [1.54, 1.807) is 11.9 Å². The molecule has 4 aromatic rings. The van der Waals surface area contributed by atoms with Crippen LogP contribution in [-0.4, -0.2) is 32.8 Å². The van der Waals surface area contributed by atoms with Crippen molar-refractivity contribution in [3.63, 3.8) is 0 Å². The van der Waals surface area contributed by atoms with Gasteiger partial charge in [-0.25, -0.2) is 4.98 Å². The number of rotatable bonds is 3. The average Bonchev–Trinajstić information content (AvgIpc) is 3.31. The van der Waals surface area contributed by atoms with E-state index in [9.17, 15) is 9.59 Å². The molecule has 1 amide bonds. The Balaban J connectivity index is 1.48. The number of amides is 1. The minimum Gasteiger partial charge on any atom is -0.358 e. The second-order valence-electron chi connectivity index (χ2n) is 7.97. The molecular formula is C22H22N4O2S. The van der Waals surface area contributed by atoms with Gasteiger partial charge in [0.25, 0.3) is 11.5 Å². The number of H-pyrrole nitrogens is 2. The van der Waals surface area contributed by atoms with E-state index in [0.29, 0.717) is 27.5 Å². The van der Waals surface area contributed by atoms with E-state index in [0.717, 1.165) is 23.7 Å². The van der Waals surface area contributed by atoms with E-state index in [1.807, 2.05) is 23.6 Å². The third kappa shape index (κ3) is 3.06. The Bertz CT molecular complexity index is 1300. The first kappa shape index (κ1) is 18.1. The van der Waals surface area contributed by atoms with E-state index in [2.05, 4.69) is 27.9 Å². The Morgan fingerprint density at radius 1 is 1.31 bits per heavy atom. The molecule has 0 spiro atoms. The van der Waals surface area contributed by atoms with Crippen molar-refractivity contribution in [1.29, 1.82) is 0 Å². The van der Waals surface area contributed by atoms with Crippen LogP contribution in [0.1, 0.15) is 40.8 Å². The Morgan fingerprint density at radius 3 is 3.03 bits per heavy atom. The first-order valence-corrected chi connectivity index (χ1v) is 10.7. The molecular weight excluding hydrogens is 384 g/mol. The first-order chi connectivity index (χ1) is 14.0. The minimum atomic E-state index is -0.158. The highest BCUT2D eigenvalue weighted by Crippen LogP contribution is 2.33. The summed E-state index contributed by atoms with van der Waals surface area (Å²) in [5.41, 5.74) is 4.70. The molecule has 1 unspecified atom stereocenters. The quantitative estimate of drug-likeness (QED) is 0.542. The van der Waals surface area contributed by atoms with Crippen molar-refractivity contribution >= 4 is 38.4 Å². The van der Waals surface area contributed by atoms with Crippen LogP contribution in [0.5, 0.6) is 0 Å². The number of para-hydroxylation sites is 1. The molecule has 5 rings (SSSR count). The summed E-state index contributed by atoms with van der Waals surface area (Å²) in [5.74, 6) is 1.07. The molecule has 0 radical (unpaired) electrons. The zero-order valence-electron chi connectivity index (χ0n) is 16.4. The smallest absolute Gasteiger partial charge is 0.268 e. The van der Waals surface area contributed by atoms with E-state index in [4.69, 9.17) is 0 Å². The lowest BCUT2D eigenvalue weighted by Gasteiger charge is -2.18. The molecule has 6 nitrogen and oxygen atoms in total. The van der Waals surface area contributed by atoms with Crippen LogP contribution < -0.4 is 5.56 Å². The maximum Gasteiger partial charge on any atom is 0.268 e. The van der Waals surface area contributed by atoms with Crippen molar-refractivity contribution in [2.75, 3.05) is 7.05 Å². The van der Waals surface area contributed by atoms with Crippen LogP contribution in [0.2, 0.25) is 0 Å². The highest BCUT2D eigenvalue weighted by atomic mass is 32.1. The number of hydrogen-bond donors (Lipinski definition) is 2. The summed E-state index contributed by atoms with van der Waals surface area (Å²) in [5, 5.41) is 3.00. The van der Waals surface area contributed by atoms with Gasteiger partial charge in [-0.15, -0.1) is 11.3 Å². The largest absolute Gasteiger partial charge is 0.358 e. The van der Waals surface area contributed by atoms with Gasteiger partial charge in [0.1, 0.15) is 10.5 Å². The molecule has 1 atom stereocenters. The van der Waals surface area contributed by atoms with Crippen LogP contribution >= 0.6 is 11.3 Å². The maximum absolute atomic E-state index is 13.2. The zero-order valence-corrected chi connectivity index (χ0v) is 17.2. The predicted molar refractivity (Wildman–Crippen MR) is 116 cm³/mol. The summed E-state index contributed by atoms with van der Waals surface area (Å²) >= 11 is 1.37. The molecule has 148 valence electrons. The summed E-state index contributed by atoms with van der Waals surface area (Å²) < 4.78 is 0.610. The number of aryl methyl sites for hydroxylation is 1. The van der Waals surface area contributed by atoms with Gasteiger partial charge >= 0.3 is 0 Å². The maximum atomic E-state index is 13.2. The third-order valence-corrected chi connectivity index (χ3v) is 6.70. The minimum absolute atomic E-state index is 0.0877. The molecule has 0 saturated carbocycles. The van der Waals surface area contributed by atoms with Gasteiger partial charge in [0.15, 0.2) is 0 Å². The van der Waals surface area contributed by atoms with Crippen LogP contribution in [0.3, 0.4) is 0 Å². The van der Waals surface area contributed by atoms with Crippen molar-refractivity contribution in [1.82, 2.24) is 19.9 Å². The van der Waals surface area contributed by atoms with Gasteiger partial charge in [0.2, 0.25) is 0 Å². The van der Waals surface area contributed by atoms with Gasteiger partial charge in [0.05, 0.1) is 23.1 Å². The van der Waals surface area contributed by atoms with Crippen LogP contribution in [0, 0.1) is 5.92 Å². The molecule has 29 heavy (non-hydrogen) atoms. The lowest BCUT2D eigenvalue weighted by atomic mass is 9.87. The van der Waals surface area contributed by atoms with E-state index in [1.165, 1.54) is 29.0 Å². The Hall–Kier alpha value is -2.93. The molecule has 3 aromatic heterocycles. The Kier molecular flexibility index (Phi) is 4.28. The van der Waals surface area contributed by atoms with Crippen molar-refractivity contribution in [3.05, 3.63) is 62.6 Å². The van der Waals surface area contributed by atoms with E-state index < -0.39 is 0 Å². The lowest BCUT2D eigenvalue weighted by Crippen LogP contribution is -2.28. The molecule has 2 N–H and O–H groups in total. The second-order valence-corrected chi connectivity index (χ2v) is 8.88. The number of carbonyl (C=O) groups is 1. The van der Waals surface area contributed by atoms with E-state index in [-0.39, 0.29) is 18.0 Å². The van der Waals surface area contributed by atoms with Crippen molar-refractivity contribution in [2.24, 2.45) is 5.92 Å².